The number of pyridine rings is 1. The quantitative estimate of drug-likeness (QED) is 0.738. The minimum atomic E-state index is -2.76. The number of hydrogen-bond donors (Lipinski definition) is 0. The van der Waals surface area contributed by atoms with Gasteiger partial charge in [-0.25, -0.2) is 8.78 Å². The molecule has 0 saturated heterocycles. The van der Waals surface area contributed by atoms with E-state index in [2.05, 4.69) is 10.1 Å². The lowest BCUT2D eigenvalue weighted by Crippen LogP contribution is -2.19. The SMILES string of the molecule is CC(F)(F)Cn1ncc2ccncc21. The third kappa shape index (κ3) is 1.71. The highest BCUT2D eigenvalue weighted by Crippen LogP contribution is 2.18. The molecular weight excluding hydrogens is 188 g/mol. The van der Waals surface area contributed by atoms with Crippen LogP contribution < -0.4 is 0 Å². The van der Waals surface area contributed by atoms with Crippen molar-refractivity contribution >= 4 is 10.9 Å². The van der Waals surface area contributed by atoms with Crippen LogP contribution in [-0.4, -0.2) is 20.7 Å². The van der Waals surface area contributed by atoms with E-state index in [-0.39, 0.29) is 0 Å². The van der Waals surface area contributed by atoms with Gasteiger partial charge in [0.2, 0.25) is 0 Å². The van der Waals surface area contributed by atoms with Gasteiger partial charge in [0.1, 0.15) is 6.54 Å². The molecule has 0 aliphatic heterocycles. The zero-order valence-electron chi connectivity index (χ0n) is 7.61. The predicted octanol–water partition coefficient (Wildman–Crippen LogP) is 2.09. The lowest BCUT2D eigenvalue weighted by atomic mass is 10.3. The molecule has 0 atom stereocenters. The molecule has 0 radical (unpaired) electrons. The van der Waals surface area contributed by atoms with Gasteiger partial charge >= 0.3 is 0 Å². The van der Waals surface area contributed by atoms with E-state index in [9.17, 15) is 8.78 Å². The zero-order chi connectivity index (χ0) is 10.2. The molecule has 0 aliphatic rings. The second-order valence-electron chi connectivity index (χ2n) is 3.31. The van der Waals surface area contributed by atoms with Crippen molar-refractivity contribution in [3.8, 4) is 0 Å². The highest BCUT2D eigenvalue weighted by molar-refractivity contribution is 5.77. The Labute approximate surface area is 79.4 Å². The molecule has 0 aliphatic carbocycles. The Hall–Kier alpha value is -1.52. The fourth-order valence-electron chi connectivity index (χ4n) is 1.30. The first-order valence-corrected chi connectivity index (χ1v) is 4.20. The average Bonchev–Trinajstić information content (AvgIpc) is 2.47. The normalized spacial score (nSPS) is 12.2. The molecule has 0 unspecified atom stereocenters. The van der Waals surface area contributed by atoms with Gasteiger partial charge in [0.15, 0.2) is 0 Å². The van der Waals surface area contributed by atoms with Crippen molar-refractivity contribution in [2.75, 3.05) is 0 Å². The van der Waals surface area contributed by atoms with Crippen LogP contribution in [0.5, 0.6) is 0 Å². The molecule has 0 bridgehead atoms. The zero-order valence-corrected chi connectivity index (χ0v) is 7.61. The van der Waals surface area contributed by atoms with Crippen LogP contribution in [0.1, 0.15) is 6.92 Å². The second kappa shape index (κ2) is 3.01. The summed E-state index contributed by atoms with van der Waals surface area (Å²) >= 11 is 0. The molecule has 2 aromatic heterocycles. The summed E-state index contributed by atoms with van der Waals surface area (Å²) in [5.74, 6) is -2.76. The van der Waals surface area contributed by atoms with Crippen LogP contribution in [0.2, 0.25) is 0 Å². The van der Waals surface area contributed by atoms with Gasteiger partial charge in [-0.2, -0.15) is 5.10 Å². The van der Waals surface area contributed by atoms with Gasteiger partial charge in [0, 0.05) is 18.5 Å². The Morgan fingerprint density at radius 3 is 2.93 bits per heavy atom. The minimum Gasteiger partial charge on any atom is -0.262 e. The largest absolute Gasteiger partial charge is 0.264 e. The molecule has 0 amide bonds. The Bertz CT molecular complexity index is 444. The Balaban J connectivity index is 2.44. The minimum absolute atomic E-state index is 0.414. The van der Waals surface area contributed by atoms with Crippen molar-refractivity contribution < 1.29 is 8.78 Å². The van der Waals surface area contributed by atoms with Crippen molar-refractivity contribution in [1.29, 1.82) is 0 Å². The van der Waals surface area contributed by atoms with E-state index in [1.807, 2.05) is 0 Å². The Morgan fingerprint density at radius 1 is 1.43 bits per heavy atom. The predicted molar refractivity (Wildman–Crippen MR) is 48.1 cm³/mol. The van der Waals surface area contributed by atoms with E-state index >= 15 is 0 Å². The Morgan fingerprint density at radius 2 is 2.21 bits per heavy atom. The molecule has 2 rings (SSSR count). The van der Waals surface area contributed by atoms with Crippen LogP contribution in [0.15, 0.2) is 24.7 Å². The standard InChI is InChI=1S/C9H9F2N3/c1-9(10,11)6-14-8-5-12-3-2-7(8)4-13-14/h2-5H,6H2,1H3. The van der Waals surface area contributed by atoms with Crippen LogP contribution in [0.4, 0.5) is 8.78 Å². The molecule has 3 nitrogen and oxygen atoms in total. The molecule has 0 N–H and O–H groups in total. The molecule has 0 fully saturated rings. The molecule has 2 heterocycles. The lowest BCUT2D eigenvalue weighted by Gasteiger charge is -2.10. The summed E-state index contributed by atoms with van der Waals surface area (Å²) in [5.41, 5.74) is 0.633. The van der Waals surface area contributed by atoms with Crippen molar-refractivity contribution in [1.82, 2.24) is 14.8 Å². The fraction of sp³-hybridized carbons (Fsp3) is 0.333. The number of rotatable bonds is 2. The highest BCUT2D eigenvalue weighted by Gasteiger charge is 2.23. The van der Waals surface area contributed by atoms with E-state index in [0.717, 1.165) is 12.3 Å². The summed E-state index contributed by atoms with van der Waals surface area (Å²) in [7, 11) is 0. The van der Waals surface area contributed by atoms with E-state index in [0.29, 0.717) is 5.52 Å². The van der Waals surface area contributed by atoms with Crippen molar-refractivity contribution in [2.45, 2.75) is 19.4 Å². The van der Waals surface area contributed by atoms with E-state index in [1.54, 1.807) is 18.5 Å². The molecule has 74 valence electrons. The molecule has 14 heavy (non-hydrogen) atoms. The maximum absolute atomic E-state index is 12.7. The topological polar surface area (TPSA) is 30.7 Å². The van der Waals surface area contributed by atoms with Gasteiger partial charge in [0.25, 0.3) is 5.92 Å². The van der Waals surface area contributed by atoms with Gasteiger partial charge < -0.3 is 0 Å². The molecule has 0 spiro atoms. The number of aromatic nitrogens is 3. The number of fused-ring (bicyclic) bond motifs is 1. The van der Waals surface area contributed by atoms with Gasteiger partial charge in [0.05, 0.1) is 17.9 Å². The molecule has 2 aromatic rings. The summed E-state index contributed by atoms with van der Waals surface area (Å²) in [5, 5.41) is 4.70. The Kier molecular flexibility index (Phi) is 1.94. The summed E-state index contributed by atoms with van der Waals surface area (Å²) < 4.78 is 26.7. The third-order valence-electron chi connectivity index (χ3n) is 1.87. The number of alkyl halides is 2. The lowest BCUT2D eigenvalue weighted by molar-refractivity contribution is 0.00181. The third-order valence-corrected chi connectivity index (χ3v) is 1.87. The van der Waals surface area contributed by atoms with Crippen LogP contribution in [0.3, 0.4) is 0 Å². The molecular formula is C9H9F2N3. The monoisotopic (exact) mass is 197 g/mol. The smallest absolute Gasteiger partial charge is 0.262 e. The van der Waals surface area contributed by atoms with Crippen molar-refractivity contribution in [2.24, 2.45) is 0 Å². The van der Waals surface area contributed by atoms with Crippen LogP contribution in [-0.2, 0) is 6.54 Å². The molecule has 5 heteroatoms. The van der Waals surface area contributed by atoms with Crippen LogP contribution in [0, 0.1) is 0 Å². The van der Waals surface area contributed by atoms with Gasteiger partial charge in [-0.05, 0) is 6.07 Å². The first kappa shape index (κ1) is 9.05. The first-order chi connectivity index (χ1) is 6.56. The summed E-state index contributed by atoms with van der Waals surface area (Å²) in [6, 6.07) is 1.74. The average molecular weight is 197 g/mol. The van der Waals surface area contributed by atoms with E-state index < -0.39 is 12.5 Å². The van der Waals surface area contributed by atoms with Crippen LogP contribution >= 0.6 is 0 Å². The van der Waals surface area contributed by atoms with Crippen molar-refractivity contribution in [3.63, 3.8) is 0 Å². The summed E-state index contributed by atoms with van der Waals surface area (Å²) in [6.45, 7) is 0.457. The van der Waals surface area contributed by atoms with Crippen molar-refractivity contribution in [3.05, 3.63) is 24.7 Å². The second-order valence-corrected chi connectivity index (χ2v) is 3.31. The molecule has 0 aromatic carbocycles. The maximum atomic E-state index is 12.7. The number of hydrogen-bond acceptors (Lipinski definition) is 2. The summed E-state index contributed by atoms with van der Waals surface area (Å²) in [6.07, 6.45) is 4.70. The number of nitrogens with zero attached hydrogens (tertiary/aromatic N) is 3. The van der Waals surface area contributed by atoms with E-state index in [4.69, 9.17) is 0 Å². The maximum Gasteiger partial charge on any atom is 0.264 e. The summed E-state index contributed by atoms with van der Waals surface area (Å²) in [4.78, 5) is 3.87. The van der Waals surface area contributed by atoms with E-state index in [1.165, 1.54) is 10.9 Å². The highest BCUT2D eigenvalue weighted by atomic mass is 19.3. The molecule has 0 saturated carbocycles. The first-order valence-electron chi connectivity index (χ1n) is 4.20. The van der Waals surface area contributed by atoms with Gasteiger partial charge in [-0.1, -0.05) is 0 Å². The fourth-order valence-corrected chi connectivity index (χ4v) is 1.30. The van der Waals surface area contributed by atoms with Gasteiger partial charge in [-0.15, -0.1) is 0 Å². The number of halogens is 2. The van der Waals surface area contributed by atoms with Crippen LogP contribution in [0.25, 0.3) is 10.9 Å². The van der Waals surface area contributed by atoms with Gasteiger partial charge in [-0.3, -0.25) is 9.67 Å².